The van der Waals surface area contributed by atoms with Crippen molar-refractivity contribution >= 4 is 17.3 Å². The molecule has 0 fully saturated rings. The van der Waals surface area contributed by atoms with Crippen LogP contribution in [0.15, 0.2) is 48.5 Å². The number of para-hydroxylation sites is 1. The Morgan fingerprint density at radius 3 is 2.74 bits per heavy atom. The number of ether oxygens (including phenoxy) is 1. The van der Waals surface area contributed by atoms with Crippen molar-refractivity contribution in [2.45, 2.75) is 6.61 Å². The van der Waals surface area contributed by atoms with E-state index in [1.165, 1.54) is 0 Å². The molecule has 3 N–H and O–H groups in total. The number of carbonyl (C=O) groups excluding carboxylic acids is 1. The van der Waals surface area contributed by atoms with Crippen molar-refractivity contribution in [3.63, 3.8) is 0 Å². The molecule has 0 aromatic heterocycles. The van der Waals surface area contributed by atoms with Gasteiger partial charge in [-0.3, -0.25) is 4.79 Å². The highest BCUT2D eigenvalue weighted by Crippen LogP contribution is 2.17. The summed E-state index contributed by atoms with van der Waals surface area (Å²) in [4.78, 5) is 12.1. The lowest BCUT2D eigenvalue weighted by Gasteiger charge is -2.10. The van der Waals surface area contributed by atoms with E-state index in [0.717, 1.165) is 11.3 Å². The molecule has 0 aliphatic heterocycles. The van der Waals surface area contributed by atoms with Gasteiger partial charge in [0.2, 0.25) is 0 Å². The van der Waals surface area contributed by atoms with Gasteiger partial charge in [0.25, 0.3) is 5.91 Å². The molecule has 0 saturated carbocycles. The van der Waals surface area contributed by atoms with E-state index in [9.17, 15) is 4.79 Å². The van der Waals surface area contributed by atoms with E-state index in [1.54, 1.807) is 31.4 Å². The van der Waals surface area contributed by atoms with Gasteiger partial charge in [0.15, 0.2) is 0 Å². The normalized spacial score (nSPS) is 10.2. The second-order valence-electron chi connectivity index (χ2n) is 4.17. The Bertz CT molecular complexity index is 582. The average molecular weight is 256 g/mol. The van der Waals surface area contributed by atoms with Crippen molar-refractivity contribution in [1.82, 2.24) is 0 Å². The van der Waals surface area contributed by atoms with Crippen molar-refractivity contribution < 1.29 is 9.53 Å². The third kappa shape index (κ3) is 3.33. The molecule has 0 aliphatic carbocycles. The van der Waals surface area contributed by atoms with Crippen LogP contribution >= 0.6 is 0 Å². The van der Waals surface area contributed by atoms with E-state index in [0.29, 0.717) is 17.9 Å². The molecule has 0 atom stereocenters. The van der Waals surface area contributed by atoms with Crippen molar-refractivity contribution in [2.75, 3.05) is 18.2 Å². The van der Waals surface area contributed by atoms with E-state index in [-0.39, 0.29) is 5.91 Å². The average Bonchev–Trinajstić information content (AvgIpc) is 2.41. The third-order valence-corrected chi connectivity index (χ3v) is 2.71. The van der Waals surface area contributed by atoms with Crippen LogP contribution in [0.25, 0.3) is 0 Å². The van der Waals surface area contributed by atoms with Gasteiger partial charge < -0.3 is 15.8 Å². The van der Waals surface area contributed by atoms with Gasteiger partial charge in [-0.15, -0.1) is 0 Å². The van der Waals surface area contributed by atoms with Crippen LogP contribution in [0.4, 0.5) is 11.4 Å². The Labute approximate surface area is 112 Å². The number of hydrogen-bond acceptors (Lipinski definition) is 3. The molecule has 0 aliphatic rings. The predicted octanol–water partition coefficient (Wildman–Crippen LogP) is 2.67. The van der Waals surface area contributed by atoms with Crippen LogP contribution in [0.3, 0.4) is 0 Å². The first-order valence-corrected chi connectivity index (χ1v) is 5.94. The Morgan fingerprint density at radius 1 is 1.21 bits per heavy atom. The summed E-state index contributed by atoms with van der Waals surface area (Å²) < 4.78 is 5.10. The zero-order valence-electron chi connectivity index (χ0n) is 10.7. The third-order valence-electron chi connectivity index (χ3n) is 2.71. The summed E-state index contributed by atoms with van der Waals surface area (Å²) in [5.74, 6) is -0.184. The second-order valence-corrected chi connectivity index (χ2v) is 4.17. The summed E-state index contributed by atoms with van der Waals surface area (Å²) >= 11 is 0. The number of benzene rings is 2. The lowest BCUT2D eigenvalue weighted by molar-refractivity contribution is 0.102. The maximum absolute atomic E-state index is 12.1. The molecule has 2 aromatic rings. The Balaban J connectivity index is 2.19. The maximum Gasteiger partial charge on any atom is 0.255 e. The first-order chi connectivity index (χ1) is 9.20. The van der Waals surface area contributed by atoms with Crippen LogP contribution in [0.5, 0.6) is 0 Å². The largest absolute Gasteiger partial charge is 0.399 e. The van der Waals surface area contributed by atoms with Crippen molar-refractivity contribution in [3.8, 4) is 0 Å². The quantitative estimate of drug-likeness (QED) is 0.826. The van der Waals surface area contributed by atoms with Crippen LogP contribution in [-0.4, -0.2) is 13.0 Å². The highest BCUT2D eigenvalue weighted by Gasteiger charge is 2.08. The number of methoxy groups -OCH3 is 1. The molecule has 0 unspecified atom stereocenters. The zero-order valence-corrected chi connectivity index (χ0v) is 10.7. The molecule has 98 valence electrons. The fraction of sp³-hybridized carbons (Fsp3) is 0.133. The Hall–Kier alpha value is -2.33. The molecule has 1 amide bonds. The smallest absolute Gasteiger partial charge is 0.255 e. The minimum Gasteiger partial charge on any atom is -0.399 e. The van der Waals surface area contributed by atoms with E-state index in [2.05, 4.69) is 5.32 Å². The fourth-order valence-electron chi connectivity index (χ4n) is 1.80. The van der Waals surface area contributed by atoms with Gasteiger partial charge in [0.1, 0.15) is 0 Å². The minimum absolute atomic E-state index is 0.184. The number of nitrogens with one attached hydrogen (secondary N) is 1. The molecule has 2 aromatic carbocycles. The number of carbonyl (C=O) groups is 1. The number of rotatable bonds is 4. The van der Waals surface area contributed by atoms with Gasteiger partial charge >= 0.3 is 0 Å². The van der Waals surface area contributed by atoms with Gasteiger partial charge in [-0.05, 0) is 24.3 Å². The molecular weight excluding hydrogens is 240 g/mol. The van der Waals surface area contributed by atoms with Gasteiger partial charge in [-0.2, -0.15) is 0 Å². The standard InChI is InChI=1S/C15H16N2O2/c1-19-10-12-5-2-3-8-14(12)17-15(18)11-6-4-7-13(16)9-11/h2-9H,10,16H2,1H3,(H,17,18). The molecule has 4 nitrogen and oxygen atoms in total. The first kappa shape index (κ1) is 13.1. The molecule has 19 heavy (non-hydrogen) atoms. The van der Waals surface area contributed by atoms with Crippen LogP contribution in [0.1, 0.15) is 15.9 Å². The van der Waals surface area contributed by atoms with Gasteiger partial charge in [0, 0.05) is 29.6 Å². The molecule has 2 rings (SSSR count). The SMILES string of the molecule is COCc1ccccc1NC(=O)c1cccc(N)c1. The summed E-state index contributed by atoms with van der Waals surface area (Å²) in [7, 11) is 1.62. The second kappa shape index (κ2) is 6.02. The first-order valence-electron chi connectivity index (χ1n) is 5.94. The predicted molar refractivity (Wildman–Crippen MR) is 76.0 cm³/mol. The summed E-state index contributed by atoms with van der Waals surface area (Å²) in [6.07, 6.45) is 0. The molecule has 0 radical (unpaired) electrons. The highest BCUT2D eigenvalue weighted by molar-refractivity contribution is 6.05. The lowest BCUT2D eigenvalue weighted by Crippen LogP contribution is -2.13. The maximum atomic E-state index is 12.1. The summed E-state index contributed by atoms with van der Waals surface area (Å²) in [6.45, 7) is 0.452. The minimum atomic E-state index is -0.184. The summed E-state index contributed by atoms with van der Waals surface area (Å²) in [5, 5.41) is 2.86. The summed E-state index contributed by atoms with van der Waals surface area (Å²) in [6, 6.07) is 14.4. The number of nitrogens with two attached hydrogens (primary N) is 1. The number of hydrogen-bond donors (Lipinski definition) is 2. The molecule has 0 bridgehead atoms. The van der Waals surface area contributed by atoms with Crippen LogP contribution in [0.2, 0.25) is 0 Å². The van der Waals surface area contributed by atoms with E-state index in [4.69, 9.17) is 10.5 Å². The van der Waals surface area contributed by atoms with E-state index in [1.807, 2.05) is 24.3 Å². The lowest BCUT2D eigenvalue weighted by atomic mass is 10.1. The Kier molecular flexibility index (Phi) is 4.15. The van der Waals surface area contributed by atoms with Crippen LogP contribution in [-0.2, 0) is 11.3 Å². The van der Waals surface area contributed by atoms with E-state index >= 15 is 0 Å². The van der Waals surface area contributed by atoms with Crippen LogP contribution < -0.4 is 11.1 Å². The van der Waals surface area contributed by atoms with Gasteiger partial charge in [-0.1, -0.05) is 24.3 Å². The monoisotopic (exact) mass is 256 g/mol. The Morgan fingerprint density at radius 2 is 2.00 bits per heavy atom. The molecular formula is C15H16N2O2. The van der Waals surface area contributed by atoms with Gasteiger partial charge in [0.05, 0.1) is 6.61 Å². The summed E-state index contributed by atoms with van der Waals surface area (Å²) in [5.41, 5.74) is 8.45. The van der Waals surface area contributed by atoms with E-state index < -0.39 is 0 Å². The topological polar surface area (TPSA) is 64.3 Å². The zero-order chi connectivity index (χ0) is 13.7. The van der Waals surface area contributed by atoms with Crippen molar-refractivity contribution in [3.05, 3.63) is 59.7 Å². The molecule has 4 heteroatoms. The highest BCUT2D eigenvalue weighted by atomic mass is 16.5. The van der Waals surface area contributed by atoms with Crippen LogP contribution in [0, 0.1) is 0 Å². The van der Waals surface area contributed by atoms with Crippen molar-refractivity contribution in [1.29, 1.82) is 0 Å². The number of nitrogen functional groups attached to an aromatic ring is 1. The van der Waals surface area contributed by atoms with Crippen molar-refractivity contribution in [2.24, 2.45) is 0 Å². The molecule has 0 saturated heterocycles. The fourth-order valence-corrected chi connectivity index (χ4v) is 1.80. The number of anilines is 2. The number of amides is 1. The van der Waals surface area contributed by atoms with Gasteiger partial charge in [-0.25, -0.2) is 0 Å². The molecule has 0 spiro atoms. The molecule has 0 heterocycles.